The quantitative estimate of drug-likeness (QED) is 0.690. The Morgan fingerprint density at radius 1 is 0.857 bits per heavy atom. The zero-order valence-corrected chi connectivity index (χ0v) is 15.4. The Balaban J connectivity index is 0.000000151. The van der Waals surface area contributed by atoms with Crippen molar-refractivity contribution in [1.82, 2.24) is 4.57 Å². The Bertz CT molecular complexity index is 1080. The van der Waals surface area contributed by atoms with Crippen molar-refractivity contribution in [3.8, 4) is 0 Å². The molecule has 2 aliphatic rings. The number of hydrogen-bond donors (Lipinski definition) is 0. The molecular formula is C23H21NO4. The lowest BCUT2D eigenvalue weighted by atomic mass is 9.97. The van der Waals surface area contributed by atoms with E-state index in [0.29, 0.717) is 26.2 Å². The maximum atomic E-state index is 11.9. The van der Waals surface area contributed by atoms with E-state index in [4.69, 9.17) is 9.47 Å². The summed E-state index contributed by atoms with van der Waals surface area (Å²) >= 11 is 0. The average molecular weight is 375 g/mol. The van der Waals surface area contributed by atoms with Crippen molar-refractivity contribution in [1.29, 1.82) is 0 Å². The Kier molecular flexibility index (Phi) is 5.46. The van der Waals surface area contributed by atoms with Gasteiger partial charge in [0.15, 0.2) is 12.1 Å². The number of pyridine rings is 1. The first-order valence-electron chi connectivity index (χ1n) is 9.31. The van der Waals surface area contributed by atoms with Crippen molar-refractivity contribution >= 4 is 22.8 Å². The van der Waals surface area contributed by atoms with E-state index in [0.717, 1.165) is 16.5 Å². The molecule has 3 aromatic rings. The number of hydrogen-bond acceptors (Lipinski definition) is 4. The molecule has 28 heavy (non-hydrogen) atoms. The van der Waals surface area contributed by atoms with Crippen molar-refractivity contribution in [3.63, 3.8) is 0 Å². The van der Waals surface area contributed by atoms with Gasteiger partial charge in [0.05, 0.1) is 25.3 Å². The standard InChI is InChI=1S/C13H13NO3.C10H8O/c15-12-6-5-10-3-1-2-4-11(10)14(12)9-13-16-7-8-17-13;11-10-6-5-8-3-1-2-4-9(8)7-10/h1-6,13H,7-9H2;1-6H,7H2. The van der Waals surface area contributed by atoms with Crippen LogP contribution in [0.2, 0.25) is 0 Å². The second-order valence-corrected chi connectivity index (χ2v) is 6.69. The molecule has 5 nitrogen and oxygen atoms in total. The van der Waals surface area contributed by atoms with Gasteiger partial charge in [0, 0.05) is 12.5 Å². The van der Waals surface area contributed by atoms with E-state index in [1.54, 1.807) is 16.7 Å². The number of allylic oxidation sites excluding steroid dienone is 1. The number of benzene rings is 2. The van der Waals surface area contributed by atoms with Gasteiger partial charge in [-0.25, -0.2) is 0 Å². The van der Waals surface area contributed by atoms with Crippen LogP contribution in [-0.2, 0) is 27.2 Å². The number of carbonyl (C=O) groups excluding carboxylic acids is 1. The topological polar surface area (TPSA) is 57.5 Å². The summed E-state index contributed by atoms with van der Waals surface area (Å²) in [5.41, 5.74) is 3.20. The normalized spacial score (nSPS) is 15.9. The van der Waals surface area contributed by atoms with Crippen LogP contribution in [0.15, 0.2) is 71.5 Å². The first-order chi connectivity index (χ1) is 13.7. The summed E-state index contributed by atoms with van der Waals surface area (Å²) in [6.45, 7) is 1.65. The summed E-state index contributed by atoms with van der Waals surface area (Å²) in [7, 11) is 0. The summed E-state index contributed by atoms with van der Waals surface area (Å²) in [6, 6.07) is 19.2. The van der Waals surface area contributed by atoms with Gasteiger partial charge in [-0.3, -0.25) is 9.59 Å². The third-order valence-electron chi connectivity index (χ3n) is 4.79. The van der Waals surface area contributed by atoms with Crippen LogP contribution >= 0.6 is 0 Å². The minimum atomic E-state index is -0.307. The van der Waals surface area contributed by atoms with Gasteiger partial charge in [-0.2, -0.15) is 0 Å². The summed E-state index contributed by atoms with van der Waals surface area (Å²) in [6.07, 6.45) is 3.77. The van der Waals surface area contributed by atoms with E-state index in [2.05, 4.69) is 0 Å². The van der Waals surface area contributed by atoms with Crippen LogP contribution in [0.1, 0.15) is 11.1 Å². The number of ether oxygens (including phenoxy) is 2. The lowest BCUT2D eigenvalue weighted by Crippen LogP contribution is -2.26. The maximum absolute atomic E-state index is 11.9. The van der Waals surface area contributed by atoms with Crippen LogP contribution in [-0.4, -0.2) is 29.9 Å². The molecule has 1 aliphatic heterocycles. The Hall–Kier alpha value is -3.02. The van der Waals surface area contributed by atoms with Gasteiger partial charge in [0.1, 0.15) is 0 Å². The number of para-hydroxylation sites is 1. The van der Waals surface area contributed by atoms with Crippen molar-refractivity contribution in [2.24, 2.45) is 0 Å². The molecule has 5 heteroatoms. The van der Waals surface area contributed by atoms with E-state index < -0.39 is 0 Å². The number of rotatable bonds is 2. The molecule has 2 heterocycles. The highest BCUT2D eigenvalue weighted by atomic mass is 16.7. The minimum Gasteiger partial charge on any atom is -0.348 e. The van der Waals surface area contributed by atoms with Crippen LogP contribution in [0.25, 0.3) is 17.0 Å². The molecule has 0 N–H and O–H groups in total. The van der Waals surface area contributed by atoms with Crippen LogP contribution in [0.4, 0.5) is 0 Å². The number of aromatic nitrogens is 1. The smallest absolute Gasteiger partial charge is 0.251 e. The summed E-state index contributed by atoms with van der Waals surface area (Å²) in [4.78, 5) is 22.8. The molecule has 0 bridgehead atoms. The number of nitrogens with zero attached hydrogens (tertiary/aromatic N) is 1. The van der Waals surface area contributed by atoms with E-state index in [-0.39, 0.29) is 17.6 Å². The molecule has 0 spiro atoms. The monoisotopic (exact) mass is 375 g/mol. The van der Waals surface area contributed by atoms with Crippen LogP contribution < -0.4 is 5.56 Å². The van der Waals surface area contributed by atoms with Gasteiger partial charge in [0.25, 0.3) is 5.56 Å². The predicted octanol–water partition coefficient (Wildman–Crippen LogP) is 3.20. The average Bonchev–Trinajstić information content (AvgIpc) is 3.24. The molecule has 5 rings (SSSR count). The molecule has 1 fully saturated rings. The molecule has 2 aromatic carbocycles. The molecule has 1 saturated heterocycles. The lowest BCUT2D eigenvalue weighted by Gasteiger charge is -2.13. The largest absolute Gasteiger partial charge is 0.348 e. The van der Waals surface area contributed by atoms with Gasteiger partial charge in [-0.05, 0) is 34.7 Å². The predicted molar refractivity (Wildman–Crippen MR) is 108 cm³/mol. The lowest BCUT2D eigenvalue weighted by molar-refractivity contribution is -0.114. The van der Waals surface area contributed by atoms with E-state index in [1.807, 2.05) is 60.7 Å². The van der Waals surface area contributed by atoms with Crippen molar-refractivity contribution in [2.45, 2.75) is 19.3 Å². The molecule has 0 saturated carbocycles. The van der Waals surface area contributed by atoms with Crippen molar-refractivity contribution < 1.29 is 14.3 Å². The number of fused-ring (bicyclic) bond motifs is 2. The SMILES string of the molecule is O=C1C=Cc2ccccc2C1.O=c1ccc2ccccc2n1CC1OCCO1. The molecule has 0 unspecified atom stereocenters. The highest BCUT2D eigenvalue weighted by molar-refractivity contribution is 5.98. The fraction of sp³-hybridized carbons (Fsp3) is 0.217. The van der Waals surface area contributed by atoms with Crippen LogP contribution in [0.5, 0.6) is 0 Å². The van der Waals surface area contributed by atoms with Gasteiger partial charge in [-0.15, -0.1) is 0 Å². The van der Waals surface area contributed by atoms with Gasteiger partial charge < -0.3 is 14.0 Å². The molecule has 1 aliphatic carbocycles. The van der Waals surface area contributed by atoms with Crippen LogP contribution in [0.3, 0.4) is 0 Å². The van der Waals surface area contributed by atoms with E-state index in [1.165, 1.54) is 5.56 Å². The Morgan fingerprint density at radius 2 is 1.61 bits per heavy atom. The van der Waals surface area contributed by atoms with Gasteiger partial charge >= 0.3 is 0 Å². The second kappa shape index (κ2) is 8.33. The Labute approximate surface area is 162 Å². The number of carbonyl (C=O) groups is 1. The fourth-order valence-electron chi connectivity index (χ4n) is 3.38. The van der Waals surface area contributed by atoms with Crippen LogP contribution in [0, 0.1) is 0 Å². The zero-order valence-electron chi connectivity index (χ0n) is 15.4. The molecule has 0 atom stereocenters. The van der Waals surface area contributed by atoms with Crippen molar-refractivity contribution in [3.05, 3.63) is 88.2 Å². The first-order valence-corrected chi connectivity index (χ1v) is 9.31. The molecule has 1 aromatic heterocycles. The third kappa shape index (κ3) is 4.11. The van der Waals surface area contributed by atoms with E-state index in [9.17, 15) is 9.59 Å². The highest BCUT2D eigenvalue weighted by Crippen LogP contribution is 2.16. The molecular weight excluding hydrogens is 354 g/mol. The highest BCUT2D eigenvalue weighted by Gasteiger charge is 2.17. The fourth-order valence-corrected chi connectivity index (χ4v) is 3.38. The number of ketones is 1. The zero-order chi connectivity index (χ0) is 19.3. The Morgan fingerprint density at radius 3 is 2.46 bits per heavy atom. The molecule has 0 amide bonds. The molecule has 0 radical (unpaired) electrons. The minimum absolute atomic E-state index is 0.0252. The molecule has 142 valence electrons. The third-order valence-corrected chi connectivity index (χ3v) is 4.79. The maximum Gasteiger partial charge on any atom is 0.251 e. The first kappa shape index (κ1) is 18.3. The summed E-state index contributed by atoms with van der Waals surface area (Å²) in [5, 5.41) is 1.05. The van der Waals surface area contributed by atoms with Gasteiger partial charge in [-0.1, -0.05) is 48.5 Å². The summed E-state index contributed by atoms with van der Waals surface area (Å²) in [5.74, 6) is 0.198. The van der Waals surface area contributed by atoms with E-state index >= 15 is 0 Å². The summed E-state index contributed by atoms with van der Waals surface area (Å²) < 4.78 is 12.5. The second-order valence-electron chi connectivity index (χ2n) is 6.69. The van der Waals surface area contributed by atoms with Crippen molar-refractivity contribution in [2.75, 3.05) is 13.2 Å². The van der Waals surface area contributed by atoms with Gasteiger partial charge in [0.2, 0.25) is 0 Å².